The number of aromatic nitrogens is 2. The first-order valence-electron chi connectivity index (χ1n) is 5.13. The van der Waals surface area contributed by atoms with Gasteiger partial charge in [0.05, 0.1) is 17.8 Å². The highest BCUT2D eigenvalue weighted by Crippen LogP contribution is 2.25. The second-order valence-corrected chi connectivity index (χ2v) is 3.70. The summed E-state index contributed by atoms with van der Waals surface area (Å²) < 4.78 is 0. The van der Waals surface area contributed by atoms with E-state index in [1.807, 2.05) is 6.07 Å². The van der Waals surface area contributed by atoms with Crippen molar-refractivity contribution < 1.29 is 15.3 Å². The van der Waals surface area contributed by atoms with Gasteiger partial charge in [-0.25, -0.2) is 0 Å². The zero-order valence-corrected chi connectivity index (χ0v) is 8.67. The topological polar surface area (TPSA) is 89.4 Å². The number of H-pyrrole nitrogens is 1. The lowest BCUT2D eigenvalue weighted by molar-refractivity contribution is 0.00500. The maximum absolute atomic E-state index is 9.93. The molecule has 1 aromatic carbocycles. The van der Waals surface area contributed by atoms with Gasteiger partial charge in [-0.2, -0.15) is 5.10 Å². The van der Waals surface area contributed by atoms with Gasteiger partial charge in [0.2, 0.25) is 0 Å². The molecule has 5 nitrogen and oxygen atoms in total. The van der Waals surface area contributed by atoms with Crippen LogP contribution in [0.15, 0.2) is 24.4 Å². The normalized spacial score (nSPS) is 15.2. The molecule has 0 aliphatic carbocycles. The summed E-state index contributed by atoms with van der Waals surface area (Å²) in [5.74, 6) is 0. The van der Waals surface area contributed by atoms with E-state index in [1.165, 1.54) is 0 Å². The largest absolute Gasteiger partial charge is 0.396 e. The molecule has 0 spiro atoms. The molecule has 1 aromatic heterocycles. The third-order valence-corrected chi connectivity index (χ3v) is 2.63. The molecule has 16 heavy (non-hydrogen) atoms. The van der Waals surface area contributed by atoms with Crippen molar-refractivity contribution in [1.82, 2.24) is 10.2 Å². The Bertz CT molecular complexity index is 469. The van der Waals surface area contributed by atoms with Gasteiger partial charge in [0.1, 0.15) is 6.10 Å². The van der Waals surface area contributed by atoms with E-state index in [9.17, 15) is 10.2 Å². The number of hydrogen-bond acceptors (Lipinski definition) is 4. The Kier molecular flexibility index (Phi) is 3.19. The van der Waals surface area contributed by atoms with E-state index < -0.39 is 12.2 Å². The van der Waals surface area contributed by atoms with Crippen LogP contribution < -0.4 is 0 Å². The Labute approximate surface area is 92.4 Å². The van der Waals surface area contributed by atoms with Crippen molar-refractivity contribution in [2.45, 2.75) is 18.6 Å². The lowest BCUT2D eigenvalue weighted by atomic mass is 9.99. The van der Waals surface area contributed by atoms with Crippen LogP contribution in [0.25, 0.3) is 10.9 Å². The third-order valence-electron chi connectivity index (χ3n) is 2.63. The average molecular weight is 222 g/mol. The van der Waals surface area contributed by atoms with Gasteiger partial charge in [-0.15, -0.1) is 0 Å². The van der Waals surface area contributed by atoms with Crippen molar-refractivity contribution in [3.8, 4) is 0 Å². The highest BCUT2D eigenvalue weighted by molar-refractivity contribution is 5.81. The number of benzene rings is 1. The lowest BCUT2D eigenvalue weighted by Crippen LogP contribution is -2.19. The van der Waals surface area contributed by atoms with E-state index in [1.54, 1.807) is 18.3 Å². The van der Waals surface area contributed by atoms with Crippen LogP contribution in [-0.4, -0.2) is 38.2 Å². The molecule has 1 heterocycles. The van der Waals surface area contributed by atoms with E-state index >= 15 is 0 Å². The Morgan fingerprint density at radius 1 is 1.31 bits per heavy atom. The van der Waals surface area contributed by atoms with Crippen molar-refractivity contribution in [2.75, 3.05) is 6.61 Å². The van der Waals surface area contributed by atoms with Crippen LogP contribution in [0.3, 0.4) is 0 Å². The molecule has 0 aliphatic rings. The summed E-state index contributed by atoms with van der Waals surface area (Å²) in [7, 11) is 0. The molecule has 2 unspecified atom stereocenters. The van der Waals surface area contributed by atoms with Gasteiger partial charge in [-0.3, -0.25) is 5.10 Å². The van der Waals surface area contributed by atoms with Gasteiger partial charge in [-0.1, -0.05) is 12.1 Å². The first kappa shape index (κ1) is 11.1. The molecule has 2 atom stereocenters. The fraction of sp³-hybridized carbons (Fsp3) is 0.364. The molecule has 5 heteroatoms. The predicted octanol–water partition coefficient (Wildman–Crippen LogP) is 0.340. The fourth-order valence-corrected chi connectivity index (χ4v) is 1.75. The van der Waals surface area contributed by atoms with Crippen LogP contribution in [-0.2, 0) is 0 Å². The standard InChI is InChI=1S/C11H14N2O3/c14-5-4-10(15)11(16)7-2-1-3-9-8(7)6-12-13-9/h1-3,6,10-11,14-16H,4-5H2,(H,12,13). The number of fused-ring (bicyclic) bond motifs is 1. The van der Waals surface area contributed by atoms with Gasteiger partial charge in [0.15, 0.2) is 0 Å². The molecule has 0 radical (unpaired) electrons. The summed E-state index contributed by atoms with van der Waals surface area (Å²) in [5.41, 5.74) is 1.43. The van der Waals surface area contributed by atoms with Crippen molar-refractivity contribution in [3.63, 3.8) is 0 Å². The quantitative estimate of drug-likeness (QED) is 0.600. The minimum absolute atomic E-state index is 0.148. The summed E-state index contributed by atoms with van der Waals surface area (Å²) >= 11 is 0. The van der Waals surface area contributed by atoms with Gasteiger partial charge in [0.25, 0.3) is 0 Å². The number of aliphatic hydroxyl groups is 3. The number of aromatic amines is 1. The van der Waals surface area contributed by atoms with Gasteiger partial charge in [-0.05, 0) is 18.1 Å². The van der Waals surface area contributed by atoms with Crippen molar-refractivity contribution in [1.29, 1.82) is 0 Å². The van der Waals surface area contributed by atoms with E-state index in [0.717, 1.165) is 10.9 Å². The molecule has 86 valence electrons. The average Bonchev–Trinajstić information content (AvgIpc) is 2.76. The number of hydrogen-bond donors (Lipinski definition) is 4. The zero-order valence-electron chi connectivity index (χ0n) is 8.67. The summed E-state index contributed by atoms with van der Waals surface area (Å²) in [6.07, 6.45) is -0.214. The Balaban J connectivity index is 2.35. The van der Waals surface area contributed by atoms with Crippen LogP contribution in [0.4, 0.5) is 0 Å². The van der Waals surface area contributed by atoms with E-state index in [-0.39, 0.29) is 13.0 Å². The molecule has 2 aromatic rings. The van der Waals surface area contributed by atoms with Gasteiger partial charge < -0.3 is 15.3 Å². The first-order valence-corrected chi connectivity index (χ1v) is 5.13. The monoisotopic (exact) mass is 222 g/mol. The lowest BCUT2D eigenvalue weighted by Gasteiger charge is -2.17. The smallest absolute Gasteiger partial charge is 0.106 e. The van der Waals surface area contributed by atoms with Crippen LogP contribution in [0, 0.1) is 0 Å². The predicted molar refractivity (Wildman–Crippen MR) is 58.8 cm³/mol. The Morgan fingerprint density at radius 3 is 2.88 bits per heavy atom. The number of nitrogens with one attached hydrogen (secondary N) is 1. The summed E-state index contributed by atoms with van der Waals surface area (Å²) in [4.78, 5) is 0. The molecule has 0 saturated heterocycles. The molecular weight excluding hydrogens is 208 g/mol. The fourth-order valence-electron chi connectivity index (χ4n) is 1.75. The molecular formula is C11H14N2O3. The van der Waals surface area contributed by atoms with Crippen molar-refractivity contribution >= 4 is 10.9 Å². The molecule has 4 N–H and O–H groups in total. The Morgan fingerprint density at radius 2 is 2.12 bits per heavy atom. The van der Waals surface area contributed by atoms with Crippen molar-refractivity contribution in [3.05, 3.63) is 30.0 Å². The van der Waals surface area contributed by atoms with E-state index in [0.29, 0.717) is 5.56 Å². The van der Waals surface area contributed by atoms with E-state index in [4.69, 9.17) is 5.11 Å². The van der Waals surface area contributed by atoms with Crippen LogP contribution >= 0.6 is 0 Å². The Hall–Kier alpha value is -1.43. The van der Waals surface area contributed by atoms with Gasteiger partial charge >= 0.3 is 0 Å². The molecule has 0 bridgehead atoms. The first-order chi connectivity index (χ1) is 7.74. The zero-order chi connectivity index (χ0) is 11.5. The minimum atomic E-state index is -1.01. The summed E-state index contributed by atoms with van der Waals surface area (Å²) in [5, 5.41) is 35.7. The summed E-state index contributed by atoms with van der Waals surface area (Å²) in [6, 6.07) is 5.37. The summed E-state index contributed by atoms with van der Waals surface area (Å²) in [6.45, 7) is -0.153. The third kappa shape index (κ3) is 1.92. The van der Waals surface area contributed by atoms with Crippen LogP contribution in [0.2, 0.25) is 0 Å². The molecule has 0 aliphatic heterocycles. The maximum Gasteiger partial charge on any atom is 0.106 e. The number of rotatable bonds is 4. The molecule has 2 rings (SSSR count). The second-order valence-electron chi connectivity index (χ2n) is 3.70. The number of aliphatic hydroxyl groups excluding tert-OH is 3. The van der Waals surface area contributed by atoms with Crippen LogP contribution in [0.5, 0.6) is 0 Å². The minimum Gasteiger partial charge on any atom is -0.396 e. The number of nitrogens with zero attached hydrogens (tertiary/aromatic N) is 1. The highest BCUT2D eigenvalue weighted by Gasteiger charge is 2.20. The van der Waals surface area contributed by atoms with Crippen LogP contribution in [0.1, 0.15) is 18.1 Å². The maximum atomic E-state index is 9.93. The molecule has 0 amide bonds. The molecule has 0 fully saturated rings. The molecule has 0 saturated carbocycles. The highest BCUT2D eigenvalue weighted by atomic mass is 16.3. The van der Waals surface area contributed by atoms with Crippen molar-refractivity contribution in [2.24, 2.45) is 0 Å². The SMILES string of the molecule is OCCC(O)C(O)c1cccc2[nH]ncc12. The van der Waals surface area contributed by atoms with E-state index in [2.05, 4.69) is 10.2 Å². The van der Waals surface area contributed by atoms with Gasteiger partial charge in [0, 0.05) is 12.0 Å². The second kappa shape index (κ2) is 4.61.